The van der Waals surface area contributed by atoms with Crippen LogP contribution in [0.15, 0.2) is 0 Å². The Morgan fingerprint density at radius 1 is 1.10 bits per heavy atom. The Kier molecular flexibility index (Phi) is 4.25. The summed E-state index contributed by atoms with van der Waals surface area (Å²) in [6.07, 6.45) is 4.04. The molecule has 0 bridgehead atoms. The highest BCUT2D eigenvalue weighted by molar-refractivity contribution is 5.05. The van der Waals surface area contributed by atoms with Gasteiger partial charge in [0.1, 0.15) is 0 Å². The van der Waals surface area contributed by atoms with E-state index in [0.29, 0.717) is 18.4 Å². The first-order chi connectivity index (χ1) is 9.87. The second-order valence-corrected chi connectivity index (χ2v) is 7.56. The summed E-state index contributed by atoms with van der Waals surface area (Å²) in [4.78, 5) is 1.75. The Hall–Kier alpha value is -0.290. The molecule has 1 heterocycles. The maximum Gasteiger partial charge on any atom is 0.401 e. The average Bonchev–Trinajstić information content (AvgIpc) is 3.22. The van der Waals surface area contributed by atoms with E-state index in [4.69, 9.17) is 0 Å². The van der Waals surface area contributed by atoms with Crippen molar-refractivity contribution in [3.05, 3.63) is 0 Å². The highest BCUT2D eigenvalue weighted by atomic mass is 19.4. The minimum atomic E-state index is -4.09. The zero-order valence-corrected chi connectivity index (χ0v) is 12.9. The lowest BCUT2D eigenvalue weighted by molar-refractivity contribution is -0.160. The Morgan fingerprint density at radius 3 is 2.33 bits per heavy atom. The number of hydrogen-bond acceptors (Lipinski definition) is 2. The van der Waals surface area contributed by atoms with Gasteiger partial charge in [-0.05, 0) is 44.4 Å². The van der Waals surface area contributed by atoms with Gasteiger partial charge in [-0.3, -0.25) is 4.90 Å². The lowest BCUT2D eigenvalue weighted by Gasteiger charge is -2.50. The second kappa shape index (κ2) is 5.73. The number of nitrogens with one attached hydrogen (secondary N) is 1. The number of rotatable bonds is 3. The van der Waals surface area contributed by atoms with Gasteiger partial charge in [-0.15, -0.1) is 0 Å². The van der Waals surface area contributed by atoms with Gasteiger partial charge in [0, 0.05) is 24.7 Å². The topological polar surface area (TPSA) is 15.3 Å². The van der Waals surface area contributed by atoms with Crippen molar-refractivity contribution in [1.29, 1.82) is 0 Å². The van der Waals surface area contributed by atoms with Crippen molar-refractivity contribution in [3.8, 4) is 0 Å². The van der Waals surface area contributed by atoms with Crippen LogP contribution in [0.3, 0.4) is 0 Å². The molecule has 2 saturated carbocycles. The molecule has 2 nitrogen and oxygen atoms in total. The Labute approximate surface area is 125 Å². The van der Waals surface area contributed by atoms with Gasteiger partial charge in [-0.1, -0.05) is 19.3 Å². The predicted octanol–water partition coefficient (Wildman–Crippen LogP) is 3.57. The third-order valence-corrected chi connectivity index (χ3v) is 5.77. The minimum absolute atomic E-state index is 0.0683. The molecule has 2 unspecified atom stereocenters. The van der Waals surface area contributed by atoms with Gasteiger partial charge in [-0.25, -0.2) is 0 Å². The number of alkyl halides is 3. The molecule has 122 valence electrons. The van der Waals surface area contributed by atoms with Gasteiger partial charge in [0.25, 0.3) is 0 Å². The SMILES string of the molecule is CC1(C2CC2)CN(CC(F)(F)F)C(C2CCCCC2)CN1. The molecule has 1 saturated heterocycles. The Balaban J connectivity index is 1.71. The largest absolute Gasteiger partial charge is 0.401 e. The normalized spacial score (nSPS) is 36.9. The minimum Gasteiger partial charge on any atom is -0.308 e. The number of piperazine rings is 1. The lowest BCUT2D eigenvalue weighted by Crippen LogP contribution is -2.66. The molecule has 0 radical (unpaired) electrons. The molecule has 5 heteroatoms. The maximum absolute atomic E-state index is 13.0. The summed E-state index contributed by atoms with van der Waals surface area (Å²) >= 11 is 0. The van der Waals surface area contributed by atoms with E-state index in [0.717, 1.165) is 32.2 Å². The van der Waals surface area contributed by atoms with Crippen LogP contribution in [-0.4, -0.2) is 42.3 Å². The molecule has 21 heavy (non-hydrogen) atoms. The van der Waals surface area contributed by atoms with Crippen LogP contribution in [0.5, 0.6) is 0 Å². The van der Waals surface area contributed by atoms with Crippen LogP contribution in [0.1, 0.15) is 51.9 Å². The Morgan fingerprint density at radius 2 is 1.76 bits per heavy atom. The zero-order valence-electron chi connectivity index (χ0n) is 12.9. The smallest absolute Gasteiger partial charge is 0.308 e. The van der Waals surface area contributed by atoms with Crippen molar-refractivity contribution in [2.75, 3.05) is 19.6 Å². The number of nitrogens with zero attached hydrogens (tertiary/aromatic N) is 1. The molecule has 2 atom stereocenters. The third-order valence-electron chi connectivity index (χ3n) is 5.77. The molecule has 1 aliphatic heterocycles. The molecule has 3 aliphatic rings. The molecular formula is C16H27F3N2. The average molecular weight is 304 g/mol. The van der Waals surface area contributed by atoms with Crippen molar-refractivity contribution in [2.24, 2.45) is 11.8 Å². The summed E-state index contributed by atoms with van der Waals surface area (Å²) in [7, 11) is 0. The van der Waals surface area contributed by atoms with Crippen molar-refractivity contribution in [1.82, 2.24) is 10.2 Å². The van der Waals surface area contributed by atoms with Crippen LogP contribution in [0, 0.1) is 11.8 Å². The fourth-order valence-corrected chi connectivity index (χ4v) is 4.44. The van der Waals surface area contributed by atoms with Gasteiger partial charge in [0.05, 0.1) is 6.54 Å². The first kappa shape index (κ1) is 15.6. The van der Waals surface area contributed by atoms with Crippen molar-refractivity contribution in [2.45, 2.75) is 69.6 Å². The summed E-state index contributed by atoms with van der Waals surface area (Å²) in [6, 6.07) is 0.0683. The van der Waals surface area contributed by atoms with Gasteiger partial charge >= 0.3 is 6.18 Å². The van der Waals surface area contributed by atoms with Gasteiger partial charge in [0.2, 0.25) is 0 Å². The Bertz CT molecular complexity index is 361. The fraction of sp³-hybridized carbons (Fsp3) is 1.00. The molecule has 0 aromatic rings. The summed E-state index contributed by atoms with van der Waals surface area (Å²) in [6.45, 7) is 2.66. The molecular weight excluding hydrogens is 277 g/mol. The van der Waals surface area contributed by atoms with Crippen LogP contribution in [0.2, 0.25) is 0 Å². The summed E-state index contributed by atoms with van der Waals surface area (Å²) < 4.78 is 39.0. The van der Waals surface area contributed by atoms with Gasteiger partial charge in [0.15, 0.2) is 0 Å². The summed E-state index contributed by atoms with van der Waals surface area (Å²) in [5, 5.41) is 3.61. The number of halogens is 3. The van der Waals surface area contributed by atoms with E-state index in [2.05, 4.69) is 12.2 Å². The van der Waals surface area contributed by atoms with Crippen LogP contribution in [-0.2, 0) is 0 Å². The van der Waals surface area contributed by atoms with Crippen molar-refractivity contribution in [3.63, 3.8) is 0 Å². The van der Waals surface area contributed by atoms with Crippen molar-refractivity contribution >= 4 is 0 Å². The molecule has 2 aliphatic carbocycles. The first-order valence-corrected chi connectivity index (χ1v) is 8.43. The molecule has 0 amide bonds. The van der Waals surface area contributed by atoms with Crippen LogP contribution >= 0.6 is 0 Å². The van der Waals surface area contributed by atoms with Crippen LogP contribution < -0.4 is 5.32 Å². The summed E-state index contributed by atoms with van der Waals surface area (Å²) in [5.74, 6) is 1.01. The molecule has 0 aromatic carbocycles. The van der Waals surface area contributed by atoms with Gasteiger partial charge < -0.3 is 5.32 Å². The summed E-state index contributed by atoms with van der Waals surface area (Å²) in [5.41, 5.74) is -0.115. The molecule has 0 aromatic heterocycles. The highest BCUT2D eigenvalue weighted by Crippen LogP contribution is 2.43. The van der Waals surface area contributed by atoms with E-state index in [1.54, 1.807) is 4.90 Å². The van der Waals surface area contributed by atoms with E-state index in [9.17, 15) is 13.2 Å². The molecule has 1 N–H and O–H groups in total. The fourth-order valence-electron chi connectivity index (χ4n) is 4.44. The second-order valence-electron chi connectivity index (χ2n) is 7.56. The van der Waals surface area contributed by atoms with E-state index >= 15 is 0 Å². The van der Waals surface area contributed by atoms with E-state index in [-0.39, 0.29) is 11.6 Å². The van der Waals surface area contributed by atoms with E-state index in [1.807, 2.05) is 0 Å². The highest BCUT2D eigenvalue weighted by Gasteiger charge is 2.49. The van der Waals surface area contributed by atoms with E-state index < -0.39 is 12.7 Å². The van der Waals surface area contributed by atoms with Crippen molar-refractivity contribution < 1.29 is 13.2 Å². The molecule has 3 rings (SSSR count). The molecule has 3 fully saturated rings. The predicted molar refractivity (Wildman–Crippen MR) is 77.1 cm³/mol. The first-order valence-electron chi connectivity index (χ1n) is 8.43. The quantitative estimate of drug-likeness (QED) is 0.857. The zero-order chi connectivity index (χ0) is 15.1. The third kappa shape index (κ3) is 3.73. The van der Waals surface area contributed by atoms with E-state index in [1.165, 1.54) is 19.3 Å². The lowest BCUT2D eigenvalue weighted by atomic mass is 9.80. The number of hydrogen-bond donors (Lipinski definition) is 1. The van der Waals surface area contributed by atoms with Gasteiger partial charge in [-0.2, -0.15) is 13.2 Å². The van der Waals surface area contributed by atoms with Crippen LogP contribution in [0.25, 0.3) is 0 Å². The van der Waals surface area contributed by atoms with Crippen LogP contribution in [0.4, 0.5) is 13.2 Å². The monoisotopic (exact) mass is 304 g/mol. The standard InChI is InChI=1S/C16H27F3N2/c1-15(13-7-8-13)10-21(11-16(17,18)19)14(9-20-15)12-5-3-2-4-6-12/h12-14,20H,2-11H2,1H3. The maximum atomic E-state index is 13.0. The molecule has 0 spiro atoms.